The van der Waals surface area contributed by atoms with Crippen molar-refractivity contribution in [1.29, 1.82) is 0 Å². The summed E-state index contributed by atoms with van der Waals surface area (Å²) in [6, 6.07) is 6.07. The monoisotopic (exact) mass is 443 g/mol. The normalized spacial score (nSPS) is 18.1. The summed E-state index contributed by atoms with van der Waals surface area (Å²) in [5.74, 6) is -1.35. The Labute approximate surface area is 179 Å². The third kappa shape index (κ3) is 3.26. The van der Waals surface area contributed by atoms with Gasteiger partial charge in [-0.1, -0.05) is 23.5 Å². The third-order valence-electron chi connectivity index (χ3n) is 5.47. The SMILES string of the molecule is CN1[C@H]2COCCN2C(=O)c2c(O)c(=O)c(-c3nnc(Cc4ccc(F)cc4)s3)cn21. The maximum atomic E-state index is 13.1. The van der Waals surface area contributed by atoms with Crippen LogP contribution in [0, 0.1) is 5.82 Å². The maximum Gasteiger partial charge on any atom is 0.278 e. The van der Waals surface area contributed by atoms with Crippen LogP contribution in [0.25, 0.3) is 10.6 Å². The lowest BCUT2D eigenvalue weighted by Crippen LogP contribution is -2.64. The summed E-state index contributed by atoms with van der Waals surface area (Å²) >= 11 is 1.20. The van der Waals surface area contributed by atoms with Gasteiger partial charge in [-0.25, -0.2) is 4.39 Å². The van der Waals surface area contributed by atoms with Crippen molar-refractivity contribution >= 4 is 17.2 Å². The molecular formula is C20H18FN5O4S. The molecule has 3 aromatic rings. The van der Waals surface area contributed by atoms with Crippen LogP contribution in [0.2, 0.25) is 0 Å². The fourth-order valence-electron chi connectivity index (χ4n) is 3.82. The molecule has 2 aromatic heterocycles. The summed E-state index contributed by atoms with van der Waals surface area (Å²) < 4.78 is 20.1. The van der Waals surface area contributed by atoms with Gasteiger partial charge in [-0.05, 0) is 17.7 Å². The van der Waals surface area contributed by atoms with Gasteiger partial charge in [-0.3, -0.25) is 19.3 Å². The van der Waals surface area contributed by atoms with E-state index in [0.29, 0.717) is 36.2 Å². The second-order valence-corrected chi connectivity index (χ2v) is 8.41. The van der Waals surface area contributed by atoms with Crippen LogP contribution in [0.5, 0.6) is 5.75 Å². The van der Waals surface area contributed by atoms with Crippen LogP contribution in [0.3, 0.4) is 0 Å². The summed E-state index contributed by atoms with van der Waals surface area (Å²) in [5, 5.41) is 21.6. The second kappa shape index (κ2) is 7.43. The highest BCUT2D eigenvalue weighted by Gasteiger charge is 2.40. The molecule has 2 aliphatic heterocycles. The second-order valence-electron chi connectivity index (χ2n) is 7.35. The van der Waals surface area contributed by atoms with Crippen molar-refractivity contribution < 1.29 is 19.0 Å². The van der Waals surface area contributed by atoms with Gasteiger partial charge < -0.3 is 14.7 Å². The zero-order valence-electron chi connectivity index (χ0n) is 16.5. The molecule has 5 rings (SSSR count). The smallest absolute Gasteiger partial charge is 0.278 e. The number of morpholine rings is 1. The molecule has 1 aromatic carbocycles. The van der Waals surface area contributed by atoms with Crippen LogP contribution in [0.4, 0.5) is 4.39 Å². The molecule has 1 N–H and O–H groups in total. The Bertz CT molecular complexity index is 1230. The molecule has 0 spiro atoms. The fraction of sp³-hybridized carbons (Fsp3) is 0.300. The molecule has 31 heavy (non-hydrogen) atoms. The van der Waals surface area contributed by atoms with Gasteiger partial charge in [-0.2, -0.15) is 0 Å². The predicted molar refractivity (Wildman–Crippen MR) is 110 cm³/mol. The molecule has 0 bridgehead atoms. The van der Waals surface area contributed by atoms with Crippen molar-refractivity contribution in [2.24, 2.45) is 0 Å². The van der Waals surface area contributed by atoms with Crippen molar-refractivity contribution in [3.05, 3.63) is 62.8 Å². The fourth-order valence-corrected chi connectivity index (χ4v) is 4.70. The number of hydrogen-bond donors (Lipinski definition) is 1. The number of rotatable bonds is 3. The van der Waals surface area contributed by atoms with E-state index in [4.69, 9.17) is 4.74 Å². The highest BCUT2D eigenvalue weighted by molar-refractivity contribution is 7.14. The minimum Gasteiger partial charge on any atom is -0.502 e. The molecule has 0 unspecified atom stereocenters. The van der Waals surface area contributed by atoms with Crippen molar-refractivity contribution in [1.82, 2.24) is 19.8 Å². The number of aromatic hydroxyl groups is 1. The molecule has 11 heteroatoms. The van der Waals surface area contributed by atoms with Crippen molar-refractivity contribution in [2.75, 3.05) is 31.8 Å². The molecule has 1 amide bonds. The Balaban J connectivity index is 1.53. The number of hydrogen-bond acceptors (Lipinski definition) is 8. The van der Waals surface area contributed by atoms with E-state index in [0.717, 1.165) is 5.56 Å². The first-order valence-corrected chi connectivity index (χ1v) is 10.4. The Kier molecular flexibility index (Phi) is 4.71. The number of amides is 1. The lowest BCUT2D eigenvalue weighted by atomic mass is 10.1. The first-order chi connectivity index (χ1) is 14.9. The Hall–Kier alpha value is -3.31. The Morgan fingerprint density at radius 2 is 2.03 bits per heavy atom. The van der Waals surface area contributed by atoms with Crippen LogP contribution in [-0.2, 0) is 11.2 Å². The van der Waals surface area contributed by atoms with Crippen molar-refractivity contribution in [3.63, 3.8) is 0 Å². The summed E-state index contributed by atoms with van der Waals surface area (Å²) in [4.78, 5) is 27.4. The molecule has 4 heterocycles. The first-order valence-electron chi connectivity index (χ1n) is 9.61. The van der Waals surface area contributed by atoms with Gasteiger partial charge in [0.1, 0.15) is 17.0 Å². The number of likely N-dealkylation sites (N-methyl/N-ethyl adjacent to an activating group) is 1. The van der Waals surface area contributed by atoms with E-state index in [1.165, 1.54) is 34.3 Å². The van der Waals surface area contributed by atoms with E-state index in [1.807, 2.05) is 0 Å². The number of carbonyl (C=O) groups excluding carboxylic acids is 1. The van der Waals surface area contributed by atoms with E-state index in [1.54, 1.807) is 29.1 Å². The van der Waals surface area contributed by atoms with Crippen LogP contribution in [-0.4, -0.2) is 63.8 Å². The summed E-state index contributed by atoms with van der Waals surface area (Å²) in [6.45, 7) is 1.11. The number of fused-ring (bicyclic) bond motifs is 2. The minimum absolute atomic E-state index is 0.0783. The van der Waals surface area contributed by atoms with Crippen molar-refractivity contribution in [2.45, 2.75) is 12.6 Å². The molecule has 1 atom stereocenters. The number of pyridine rings is 1. The Morgan fingerprint density at radius 3 is 2.81 bits per heavy atom. The van der Waals surface area contributed by atoms with Crippen LogP contribution >= 0.6 is 11.3 Å². The number of aromatic nitrogens is 3. The van der Waals surface area contributed by atoms with Gasteiger partial charge in [0.05, 0.1) is 18.8 Å². The van der Waals surface area contributed by atoms with Crippen LogP contribution < -0.4 is 10.4 Å². The van der Waals surface area contributed by atoms with E-state index in [-0.39, 0.29) is 23.2 Å². The predicted octanol–water partition coefficient (Wildman–Crippen LogP) is 1.18. The van der Waals surface area contributed by atoms with E-state index < -0.39 is 17.1 Å². The molecule has 9 nitrogen and oxygen atoms in total. The van der Waals surface area contributed by atoms with E-state index in [2.05, 4.69) is 10.2 Å². The van der Waals surface area contributed by atoms with Gasteiger partial charge in [0.2, 0.25) is 5.43 Å². The standard InChI is InChI=1S/C20H18FN5O4S/c1-24-15-10-30-7-6-25(15)20(29)16-18(28)17(27)13(9-26(16)24)19-23-22-14(31-19)8-11-2-4-12(21)5-3-11/h2-5,9,15,28H,6-8,10H2,1H3/t15-/m1/s1. The van der Waals surface area contributed by atoms with E-state index in [9.17, 15) is 19.1 Å². The number of ether oxygens (including phenoxy) is 1. The number of halogens is 1. The molecule has 0 aliphatic carbocycles. The maximum absolute atomic E-state index is 13.1. The lowest BCUT2D eigenvalue weighted by Gasteiger charge is -2.46. The van der Waals surface area contributed by atoms with Gasteiger partial charge in [0, 0.05) is 26.2 Å². The quantitative estimate of drug-likeness (QED) is 0.649. The topological polar surface area (TPSA) is 101 Å². The first kappa shape index (κ1) is 19.6. The minimum atomic E-state index is -0.677. The van der Waals surface area contributed by atoms with Gasteiger partial charge in [0.15, 0.2) is 16.5 Å². The summed E-state index contributed by atoms with van der Waals surface area (Å²) in [6.07, 6.45) is 1.60. The molecule has 1 fully saturated rings. The van der Waals surface area contributed by atoms with Gasteiger partial charge >= 0.3 is 0 Å². The molecule has 2 aliphatic rings. The number of carbonyl (C=O) groups is 1. The van der Waals surface area contributed by atoms with Crippen molar-refractivity contribution in [3.8, 4) is 16.3 Å². The highest BCUT2D eigenvalue weighted by Crippen LogP contribution is 2.29. The number of benzene rings is 1. The van der Waals surface area contributed by atoms with Gasteiger partial charge in [-0.15, -0.1) is 10.2 Å². The van der Waals surface area contributed by atoms with Crippen LogP contribution in [0.15, 0.2) is 35.3 Å². The molecule has 0 saturated carbocycles. The average molecular weight is 443 g/mol. The zero-order chi connectivity index (χ0) is 21.7. The largest absolute Gasteiger partial charge is 0.502 e. The van der Waals surface area contributed by atoms with Crippen LogP contribution in [0.1, 0.15) is 21.1 Å². The average Bonchev–Trinajstić information content (AvgIpc) is 3.23. The molecule has 1 saturated heterocycles. The molecule has 160 valence electrons. The number of nitrogens with zero attached hydrogens (tertiary/aromatic N) is 5. The van der Waals surface area contributed by atoms with Gasteiger partial charge in [0.25, 0.3) is 5.91 Å². The highest BCUT2D eigenvalue weighted by atomic mass is 32.1. The molecular weight excluding hydrogens is 425 g/mol. The summed E-state index contributed by atoms with van der Waals surface area (Å²) in [5.41, 5.74) is 0.250. The lowest BCUT2D eigenvalue weighted by molar-refractivity contribution is -0.0149. The Morgan fingerprint density at radius 1 is 1.26 bits per heavy atom. The zero-order valence-corrected chi connectivity index (χ0v) is 17.3. The van der Waals surface area contributed by atoms with E-state index >= 15 is 0 Å². The molecule has 0 radical (unpaired) electrons. The summed E-state index contributed by atoms with van der Waals surface area (Å²) in [7, 11) is 1.76. The third-order valence-corrected chi connectivity index (χ3v) is 6.42.